The van der Waals surface area contributed by atoms with E-state index in [1.54, 1.807) is 25.1 Å². The number of Topliss-reactive ketones (excluding diaryl/α,β-unsaturated/α-hetero) is 1. The van der Waals surface area contributed by atoms with E-state index in [-0.39, 0.29) is 37.0 Å². The number of aromatic nitrogens is 2. The van der Waals surface area contributed by atoms with Crippen LogP contribution in [0.2, 0.25) is 0 Å². The summed E-state index contributed by atoms with van der Waals surface area (Å²) in [7, 11) is 0. The number of nitrogens with two attached hydrogens (primary N) is 1. The number of aryl methyl sites for hydroxylation is 1. The number of hydrogen-bond donors (Lipinski definition) is 3. The second-order valence-electron chi connectivity index (χ2n) is 9.08. The summed E-state index contributed by atoms with van der Waals surface area (Å²) in [5, 5.41) is 5.56. The van der Waals surface area contributed by atoms with E-state index < -0.39 is 17.2 Å². The molecule has 1 amide bonds. The molecule has 194 valence electrons. The lowest BCUT2D eigenvalue weighted by atomic mass is 9.80. The number of nitrogens with one attached hydrogen (secondary N) is 2. The fraction of sp³-hybridized carbons (Fsp3) is 0.308. The van der Waals surface area contributed by atoms with Crippen LogP contribution in [0.4, 0.5) is 30.2 Å². The number of nitrogen functional groups attached to an aromatic ring is 1. The molecule has 4 rings (SSSR count). The minimum Gasteiger partial charge on any atom is -0.397 e. The molecule has 1 aromatic carbocycles. The largest absolute Gasteiger partial charge is 0.418 e. The lowest BCUT2D eigenvalue weighted by molar-refractivity contribution is -0.137. The van der Waals surface area contributed by atoms with Crippen LogP contribution in [0, 0.1) is 12.3 Å². The van der Waals surface area contributed by atoms with Gasteiger partial charge in [0.25, 0.3) is 0 Å². The summed E-state index contributed by atoms with van der Waals surface area (Å²) in [6.07, 6.45) is 0.0614. The standard InChI is InChI=1S/C26H26F3N5O3/c1-16-2-5-22(21(8-16)26(27,28)29)34-20-4-3-19(32-14-20)13-33-24(36)25(6-7-37-15-25)10-23(35)17-9-18(30)12-31-11-17/h2-5,8-9,11-12,14,34H,6-7,10,13,15,30H2,1H3,(H,33,36)/t25-/m0/s1. The van der Waals surface area contributed by atoms with Gasteiger partial charge >= 0.3 is 6.18 Å². The molecule has 8 nitrogen and oxygen atoms in total. The van der Waals surface area contributed by atoms with Crippen LogP contribution in [0.15, 0.2) is 55.0 Å². The van der Waals surface area contributed by atoms with E-state index in [2.05, 4.69) is 20.6 Å². The van der Waals surface area contributed by atoms with Gasteiger partial charge in [0, 0.05) is 31.0 Å². The average molecular weight is 514 g/mol. The van der Waals surface area contributed by atoms with Gasteiger partial charge in [-0.1, -0.05) is 11.6 Å². The van der Waals surface area contributed by atoms with Crippen LogP contribution >= 0.6 is 0 Å². The summed E-state index contributed by atoms with van der Waals surface area (Å²) in [5.41, 5.74) is 5.89. The molecule has 3 aromatic rings. The van der Waals surface area contributed by atoms with Crippen LogP contribution in [0.25, 0.3) is 0 Å². The van der Waals surface area contributed by atoms with Gasteiger partial charge in [-0.3, -0.25) is 19.6 Å². The number of carbonyl (C=O) groups is 2. The summed E-state index contributed by atoms with van der Waals surface area (Å²) in [5.74, 6) is -0.600. The highest BCUT2D eigenvalue weighted by atomic mass is 19.4. The Kier molecular flexibility index (Phi) is 7.44. The van der Waals surface area contributed by atoms with Crippen LogP contribution in [0.5, 0.6) is 0 Å². The Morgan fingerprint density at radius 3 is 2.59 bits per heavy atom. The second-order valence-corrected chi connectivity index (χ2v) is 9.08. The zero-order chi connectivity index (χ0) is 26.6. The lowest BCUT2D eigenvalue weighted by Crippen LogP contribution is -2.42. The first-order valence-electron chi connectivity index (χ1n) is 11.6. The number of ether oxygens (including phenoxy) is 1. The number of pyridine rings is 2. The first-order chi connectivity index (χ1) is 17.6. The average Bonchev–Trinajstić information content (AvgIpc) is 3.33. The summed E-state index contributed by atoms with van der Waals surface area (Å²) < 4.78 is 45.6. The number of halogens is 3. The first-order valence-corrected chi connectivity index (χ1v) is 11.6. The molecule has 1 aliphatic rings. The lowest BCUT2D eigenvalue weighted by Gasteiger charge is -2.25. The van der Waals surface area contributed by atoms with E-state index in [1.165, 1.54) is 30.7 Å². The molecule has 1 aliphatic heterocycles. The Morgan fingerprint density at radius 1 is 1.14 bits per heavy atom. The SMILES string of the molecule is Cc1ccc(Nc2ccc(CNC(=O)[C@]3(CC(=O)c4cncc(N)c4)CCOC3)nc2)c(C(F)(F)F)c1. The first kappa shape index (κ1) is 26.1. The molecule has 3 heterocycles. The summed E-state index contributed by atoms with van der Waals surface area (Å²) in [6.45, 7) is 2.13. The third-order valence-electron chi connectivity index (χ3n) is 6.18. The van der Waals surface area contributed by atoms with Gasteiger partial charge in [0.2, 0.25) is 5.91 Å². The molecule has 0 spiro atoms. The van der Waals surface area contributed by atoms with Gasteiger partial charge in [-0.15, -0.1) is 0 Å². The van der Waals surface area contributed by atoms with Crippen molar-refractivity contribution in [3.8, 4) is 0 Å². The summed E-state index contributed by atoms with van der Waals surface area (Å²) in [4.78, 5) is 34.1. The number of rotatable bonds is 8. The molecule has 1 atom stereocenters. The number of alkyl halides is 3. The van der Waals surface area contributed by atoms with Crippen LogP contribution in [-0.2, 0) is 22.3 Å². The van der Waals surface area contributed by atoms with Crippen LogP contribution < -0.4 is 16.4 Å². The maximum absolute atomic E-state index is 13.4. The molecule has 0 saturated carbocycles. The van der Waals surface area contributed by atoms with Crippen LogP contribution in [-0.4, -0.2) is 34.9 Å². The highest BCUT2D eigenvalue weighted by molar-refractivity contribution is 6.00. The molecule has 0 radical (unpaired) electrons. The van der Waals surface area contributed by atoms with Gasteiger partial charge in [0.1, 0.15) is 0 Å². The Balaban J connectivity index is 1.40. The molecular weight excluding hydrogens is 487 g/mol. The summed E-state index contributed by atoms with van der Waals surface area (Å²) in [6, 6.07) is 8.74. The number of amides is 1. The van der Waals surface area contributed by atoms with Gasteiger partial charge in [0.05, 0.1) is 53.1 Å². The predicted molar refractivity (Wildman–Crippen MR) is 131 cm³/mol. The Morgan fingerprint density at radius 2 is 1.95 bits per heavy atom. The molecule has 2 aromatic heterocycles. The zero-order valence-corrected chi connectivity index (χ0v) is 20.1. The van der Waals surface area contributed by atoms with Gasteiger partial charge in [-0.25, -0.2) is 0 Å². The zero-order valence-electron chi connectivity index (χ0n) is 20.1. The number of nitrogens with zero attached hydrogens (tertiary/aromatic N) is 2. The van der Waals surface area contributed by atoms with Crippen molar-refractivity contribution in [3.63, 3.8) is 0 Å². The highest BCUT2D eigenvalue weighted by Gasteiger charge is 2.44. The van der Waals surface area contributed by atoms with Crippen molar-refractivity contribution in [1.29, 1.82) is 0 Å². The van der Waals surface area contributed by atoms with Crippen LogP contribution in [0.3, 0.4) is 0 Å². The maximum atomic E-state index is 13.4. The maximum Gasteiger partial charge on any atom is 0.418 e. The summed E-state index contributed by atoms with van der Waals surface area (Å²) >= 11 is 0. The van der Waals surface area contributed by atoms with E-state index in [1.807, 2.05) is 0 Å². The minimum absolute atomic E-state index is 0.0572. The minimum atomic E-state index is -4.50. The fourth-order valence-electron chi connectivity index (χ4n) is 4.14. The van der Waals surface area contributed by atoms with E-state index in [9.17, 15) is 22.8 Å². The van der Waals surface area contributed by atoms with Crippen molar-refractivity contribution < 1.29 is 27.5 Å². The normalized spacial score (nSPS) is 17.4. The molecule has 1 saturated heterocycles. The Bertz CT molecular complexity index is 1290. The monoisotopic (exact) mass is 513 g/mol. The predicted octanol–water partition coefficient (Wildman–Crippen LogP) is 4.43. The fourth-order valence-corrected chi connectivity index (χ4v) is 4.14. The van der Waals surface area contributed by atoms with Crippen LogP contribution in [0.1, 0.15) is 40.0 Å². The number of hydrogen-bond acceptors (Lipinski definition) is 7. The quantitative estimate of drug-likeness (QED) is 0.382. The van der Waals surface area contributed by atoms with Crippen molar-refractivity contribution in [3.05, 3.63) is 77.4 Å². The topological polar surface area (TPSA) is 119 Å². The number of benzene rings is 1. The molecule has 0 bridgehead atoms. The Labute approximate surface area is 211 Å². The van der Waals surface area contributed by atoms with Crippen molar-refractivity contribution in [2.45, 2.75) is 32.5 Å². The molecule has 37 heavy (non-hydrogen) atoms. The smallest absolute Gasteiger partial charge is 0.397 e. The van der Waals surface area contributed by atoms with E-state index >= 15 is 0 Å². The van der Waals surface area contributed by atoms with E-state index in [4.69, 9.17) is 10.5 Å². The van der Waals surface area contributed by atoms with Gasteiger partial charge in [-0.05, 0) is 43.7 Å². The van der Waals surface area contributed by atoms with E-state index in [0.717, 1.165) is 6.07 Å². The molecule has 11 heteroatoms. The third-order valence-corrected chi connectivity index (χ3v) is 6.18. The second kappa shape index (κ2) is 10.6. The molecule has 4 N–H and O–H groups in total. The van der Waals surface area contributed by atoms with Crippen molar-refractivity contribution in [2.24, 2.45) is 5.41 Å². The number of carbonyl (C=O) groups excluding carboxylic acids is 2. The molecule has 0 aliphatic carbocycles. The molecule has 1 fully saturated rings. The van der Waals surface area contributed by atoms with Crippen molar-refractivity contribution in [2.75, 3.05) is 24.3 Å². The highest BCUT2D eigenvalue weighted by Crippen LogP contribution is 2.37. The van der Waals surface area contributed by atoms with Crippen molar-refractivity contribution >= 4 is 28.8 Å². The molecule has 0 unspecified atom stereocenters. The molecular formula is C26H26F3N5O3. The van der Waals surface area contributed by atoms with Gasteiger partial charge in [-0.2, -0.15) is 13.2 Å². The Hall–Kier alpha value is -3.99. The van der Waals surface area contributed by atoms with Gasteiger partial charge in [0.15, 0.2) is 5.78 Å². The number of anilines is 3. The number of ketones is 1. The van der Waals surface area contributed by atoms with Gasteiger partial charge < -0.3 is 21.1 Å². The van der Waals surface area contributed by atoms with Crippen molar-refractivity contribution in [1.82, 2.24) is 15.3 Å². The van der Waals surface area contributed by atoms with E-state index in [0.29, 0.717) is 41.2 Å². The third kappa shape index (κ3) is 6.23.